The second-order valence-electron chi connectivity index (χ2n) is 4.51. The Morgan fingerprint density at radius 1 is 1.00 bits per heavy atom. The minimum atomic E-state index is -3.73. The van der Waals surface area contributed by atoms with Gasteiger partial charge in [0.1, 0.15) is 5.75 Å². The van der Waals surface area contributed by atoms with E-state index in [0.29, 0.717) is 5.69 Å². The lowest BCUT2D eigenvalue weighted by Crippen LogP contribution is -2.12. The Labute approximate surface area is 121 Å². The molecule has 0 spiro atoms. The third-order valence-electron chi connectivity index (χ3n) is 2.98. The van der Waals surface area contributed by atoms with Crippen LogP contribution in [-0.4, -0.2) is 18.5 Å². The molecule has 6 heteroatoms. The van der Waals surface area contributed by atoms with Crippen LogP contribution in [0.3, 0.4) is 0 Å². The summed E-state index contributed by atoms with van der Waals surface area (Å²) in [5.41, 5.74) is 1.23. The Kier molecular flexibility index (Phi) is 3.23. The molecule has 1 heterocycles. The minimum absolute atomic E-state index is 0.00813. The largest absolute Gasteiger partial charge is 0.508 e. The third-order valence-corrected chi connectivity index (χ3v) is 4.36. The lowest BCUT2D eigenvalue weighted by molar-refractivity contribution is 0.473. The monoisotopic (exact) mass is 300 g/mol. The fraction of sp³-hybridized carbons (Fsp3) is 0. The first-order valence-corrected chi connectivity index (χ1v) is 7.69. The van der Waals surface area contributed by atoms with Crippen molar-refractivity contribution in [3.8, 4) is 5.75 Å². The summed E-state index contributed by atoms with van der Waals surface area (Å²) >= 11 is 0. The first-order chi connectivity index (χ1) is 10.0. The number of aromatic hydroxyl groups is 1. The number of nitrogens with one attached hydrogen (secondary N) is 1. The Hall–Kier alpha value is -2.60. The predicted molar refractivity (Wildman–Crippen MR) is 80.7 cm³/mol. The van der Waals surface area contributed by atoms with Crippen molar-refractivity contribution < 1.29 is 13.5 Å². The van der Waals surface area contributed by atoms with Gasteiger partial charge in [0.2, 0.25) is 0 Å². The molecule has 0 atom stereocenters. The van der Waals surface area contributed by atoms with E-state index < -0.39 is 10.0 Å². The molecule has 2 N–H and O–H groups in total. The first-order valence-electron chi connectivity index (χ1n) is 6.21. The van der Waals surface area contributed by atoms with Crippen molar-refractivity contribution in [3.63, 3.8) is 0 Å². The van der Waals surface area contributed by atoms with Gasteiger partial charge in [-0.15, -0.1) is 0 Å². The topological polar surface area (TPSA) is 79.3 Å². The fourth-order valence-electron chi connectivity index (χ4n) is 2.00. The quantitative estimate of drug-likeness (QED) is 0.779. The maximum Gasteiger partial charge on any atom is 0.262 e. The van der Waals surface area contributed by atoms with Gasteiger partial charge in [0.05, 0.1) is 10.4 Å². The molecule has 0 radical (unpaired) electrons. The van der Waals surface area contributed by atoms with E-state index in [-0.39, 0.29) is 10.6 Å². The first kappa shape index (κ1) is 13.4. The number of fused-ring (bicyclic) bond motifs is 1. The van der Waals surface area contributed by atoms with Gasteiger partial charge in [-0.1, -0.05) is 12.1 Å². The van der Waals surface area contributed by atoms with Crippen molar-refractivity contribution >= 4 is 26.6 Å². The number of phenolic OH excluding ortho intramolecular Hbond substituents is 1. The van der Waals surface area contributed by atoms with Gasteiger partial charge in [0, 0.05) is 23.3 Å². The highest BCUT2D eigenvalue weighted by atomic mass is 32.2. The molecule has 0 saturated carbocycles. The maximum absolute atomic E-state index is 12.3. The van der Waals surface area contributed by atoms with Crippen LogP contribution in [0.5, 0.6) is 5.75 Å². The second-order valence-corrected chi connectivity index (χ2v) is 6.20. The molecular formula is C15H12N2O3S. The highest BCUT2D eigenvalue weighted by Gasteiger charge is 2.14. The molecule has 0 fully saturated rings. The summed E-state index contributed by atoms with van der Waals surface area (Å²) in [6.45, 7) is 0. The van der Waals surface area contributed by atoms with Gasteiger partial charge < -0.3 is 5.11 Å². The lowest BCUT2D eigenvalue weighted by atomic mass is 10.2. The molecule has 0 aliphatic heterocycles. The predicted octanol–water partition coefficient (Wildman–Crippen LogP) is 2.74. The number of aromatic nitrogens is 1. The van der Waals surface area contributed by atoms with Gasteiger partial charge in [0.15, 0.2) is 0 Å². The van der Waals surface area contributed by atoms with E-state index in [2.05, 4.69) is 9.71 Å². The molecule has 0 unspecified atom stereocenters. The minimum Gasteiger partial charge on any atom is -0.508 e. The Morgan fingerprint density at radius 2 is 1.86 bits per heavy atom. The molecular weight excluding hydrogens is 288 g/mol. The number of rotatable bonds is 3. The average molecular weight is 300 g/mol. The number of nitrogens with zero attached hydrogens (tertiary/aromatic N) is 1. The zero-order valence-corrected chi connectivity index (χ0v) is 11.7. The SMILES string of the molecule is O=S(=O)(Nc1ccc2ncccc2c1)c1cccc(O)c1. The Morgan fingerprint density at radius 3 is 2.67 bits per heavy atom. The van der Waals surface area contributed by atoms with Crippen molar-refractivity contribution in [2.75, 3.05) is 4.72 Å². The van der Waals surface area contributed by atoms with Crippen LogP contribution < -0.4 is 4.72 Å². The van der Waals surface area contributed by atoms with E-state index in [0.717, 1.165) is 10.9 Å². The van der Waals surface area contributed by atoms with Crippen molar-refractivity contribution in [1.82, 2.24) is 4.98 Å². The van der Waals surface area contributed by atoms with Crippen LogP contribution in [0, 0.1) is 0 Å². The molecule has 0 bridgehead atoms. The van der Waals surface area contributed by atoms with Crippen molar-refractivity contribution in [2.24, 2.45) is 0 Å². The van der Waals surface area contributed by atoms with Crippen LogP contribution in [-0.2, 0) is 10.0 Å². The summed E-state index contributed by atoms with van der Waals surface area (Å²) in [5, 5.41) is 10.2. The molecule has 3 aromatic rings. The smallest absolute Gasteiger partial charge is 0.262 e. The van der Waals surface area contributed by atoms with Gasteiger partial charge in [-0.3, -0.25) is 9.71 Å². The van der Waals surface area contributed by atoms with Gasteiger partial charge in [0.25, 0.3) is 10.0 Å². The van der Waals surface area contributed by atoms with Crippen LogP contribution in [0.4, 0.5) is 5.69 Å². The Bertz CT molecular complexity index is 907. The summed E-state index contributed by atoms with van der Waals surface area (Å²) in [5.74, 6) is -0.0967. The molecule has 106 valence electrons. The van der Waals surface area contributed by atoms with Crippen LogP contribution in [0.15, 0.2) is 65.7 Å². The summed E-state index contributed by atoms with van der Waals surface area (Å²) < 4.78 is 27.0. The molecule has 0 aliphatic carbocycles. The van der Waals surface area contributed by atoms with Crippen LogP contribution in [0.2, 0.25) is 0 Å². The number of benzene rings is 2. The summed E-state index contributed by atoms with van der Waals surface area (Å²) in [4.78, 5) is 4.19. The summed E-state index contributed by atoms with van der Waals surface area (Å²) in [6, 6.07) is 14.3. The Balaban J connectivity index is 1.97. The number of sulfonamides is 1. The molecule has 0 aliphatic rings. The number of pyridine rings is 1. The van der Waals surface area contributed by atoms with E-state index in [1.165, 1.54) is 24.3 Å². The average Bonchev–Trinajstić information content (AvgIpc) is 2.47. The van der Waals surface area contributed by atoms with E-state index in [1.807, 2.05) is 6.07 Å². The number of hydrogen-bond donors (Lipinski definition) is 2. The number of hydrogen-bond acceptors (Lipinski definition) is 4. The summed E-state index contributed by atoms with van der Waals surface area (Å²) in [7, 11) is -3.73. The van der Waals surface area contributed by atoms with Crippen molar-refractivity contribution in [1.29, 1.82) is 0 Å². The van der Waals surface area contributed by atoms with Gasteiger partial charge >= 0.3 is 0 Å². The van der Waals surface area contributed by atoms with Gasteiger partial charge in [-0.05, 0) is 36.4 Å². The van der Waals surface area contributed by atoms with Crippen LogP contribution >= 0.6 is 0 Å². The molecule has 5 nitrogen and oxygen atoms in total. The molecule has 0 amide bonds. The zero-order chi connectivity index (χ0) is 14.9. The zero-order valence-electron chi connectivity index (χ0n) is 10.9. The van der Waals surface area contributed by atoms with Crippen molar-refractivity contribution in [3.05, 3.63) is 60.8 Å². The fourth-order valence-corrected chi connectivity index (χ4v) is 3.09. The molecule has 2 aromatic carbocycles. The van der Waals surface area contributed by atoms with Gasteiger partial charge in [-0.2, -0.15) is 0 Å². The van der Waals surface area contributed by atoms with E-state index >= 15 is 0 Å². The third kappa shape index (κ3) is 2.80. The lowest BCUT2D eigenvalue weighted by Gasteiger charge is -2.09. The van der Waals surface area contributed by atoms with Crippen molar-refractivity contribution in [2.45, 2.75) is 4.90 Å². The highest BCUT2D eigenvalue weighted by molar-refractivity contribution is 7.92. The van der Waals surface area contributed by atoms with E-state index in [9.17, 15) is 13.5 Å². The van der Waals surface area contributed by atoms with E-state index in [1.54, 1.807) is 30.5 Å². The molecule has 0 saturated heterocycles. The standard InChI is InChI=1S/C15H12N2O3S/c18-13-4-1-5-14(10-13)21(19,20)17-12-6-7-15-11(9-12)3-2-8-16-15/h1-10,17-18H. The molecule has 3 rings (SSSR count). The second kappa shape index (κ2) is 5.06. The summed E-state index contributed by atoms with van der Waals surface area (Å²) in [6.07, 6.45) is 1.68. The maximum atomic E-state index is 12.3. The van der Waals surface area contributed by atoms with Crippen LogP contribution in [0.1, 0.15) is 0 Å². The number of anilines is 1. The highest BCUT2D eigenvalue weighted by Crippen LogP contribution is 2.22. The molecule has 21 heavy (non-hydrogen) atoms. The molecule has 1 aromatic heterocycles. The van der Waals surface area contributed by atoms with Crippen LogP contribution in [0.25, 0.3) is 10.9 Å². The van der Waals surface area contributed by atoms with E-state index in [4.69, 9.17) is 0 Å². The normalized spacial score (nSPS) is 11.4. The van der Waals surface area contributed by atoms with Gasteiger partial charge in [-0.25, -0.2) is 8.42 Å². The number of phenols is 1.